The molecule has 3 aromatic heterocycles. The molecule has 0 aliphatic heterocycles. The normalized spacial score (nSPS) is 10.8. The Hall–Kier alpha value is -3.13. The van der Waals surface area contributed by atoms with Crippen LogP contribution in [0.25, 0.3) is 22.1 Å². The van der Waals surface area contributed by atoms with Crippen LogP contribution in [0, 0.1) is 0 Å². The third kappa shape index (κ3) is 2.86. The Morgan fingerprint density at radius 3 is 2.58 bits per heavy atom. The number of hydrogen-bond acceptors (Lipinski definition) is 7. The monoisotopic (exact) mass is 337 g/mol. The molecule has 1 N–H and O–H groups in total. The standard InChI is InChI=1S/C16H11N5O2S/c22-16-20-14(21-23-16)13-12(17-5-6-18-13)9-10-1-3-11(4-2-10)15-19-7-8-24-15/h1-8H,9H2,(H,20,21,22). The first kappa shape index (κ1) is 14.5. The predicted octanol–water partition coefficient (Wildman–Crippen LogP) is 2.53. The van der Waals surface area contributed by atoms with Gasteiger partial charge >= 0.3 is 5.76 Å². The topological polar surface area (TPSA) is 97.6 Å². The molecule has 0 atom stereocenters. The zero-order valence-corrected chi connectivity index (χ0v) is 13.2. The van der Waals surface area contributed by atoms with Crippen LogP contribution in [0.3, 0.4) is 0 Å². The molecule has 0 fully saturated rings. The molecule has 0 amide bonds. The van der Waals surface area contributed by atoms with Gasteiger partial charge in [-0.05, 0) is 5.56 Å². The summed E-state index contributed by atoms with van der Waals surface area (Å²) in [7, 11) is 0. The van der Waals surface area contributed by atoms with Gasteiger partial charge in [0, 0.05) is 36.0 Å². The predicted molar refractivity (Wildman–Crippen MR) is 88.5 cm³/mol. The largest absolute Gasteiger partial charge is 0.439 e. The Labute approximate surface area is 140 Å². The molecular weight excluding hydrogens is 326 g/mol. The molecule has 0 saturated heterocycles. The third-order valence-corrected chi connectivity index (χ3v) is 4.27. The lowest BCUT2D eigenvalue weighted by atomic mass is 10.1. The van der Waals surface area contributed by atoms with E-state index >= 15 is 0 Å². The summed E-state index contributed by atoms with van der Waals surface area (Å²) in [6, 6.07) is 8.12. The van der Waals surface area contributed by atoms with Crippen LogP contribution in [-0.2, 0) is 6.42 Å². The molecule has 4 rings (SSSR count). The Balaban J connectivity index is 1.63. The lowest BCUT2D eigenvalue weighted by Gasteiger charge is -2.05. The molecule has 0 bridgehead atoms. The van der Waals surface area contributed by atoms with Gasteiger partial charge in [-0.15, -0.1) is 11.3 Å². The summed E-state index contributed by atoms with van der Waals surface area (Å²) >= 11 is 1.60. The summed E-state index contributed by atoms with van der Waals surface area (Å²) in [5, 5.41) is 6.62. The van der Waals surface area contributed by atoms with Gasteiger partial charge in [-0.1, -0.05) is 29.4 Å². The van der Waals surface area contributed by atoms with Crippen LogP contribution in [-0.4, -0.2) is 25.1 Å². The van der Waals surface area contributed by atoms with E-state index in [1.54, 1.807) is 29.9 Å². The SMILES string of the molecule is O=c1[nH]c(-c2nccnc2Cc2ccc(-c3nccs3)cc2)no1. The average molecular weight is 337 g/mol. The van der Waals surface area contributed by atoms with Gasteiger partial charge in [-0.3, -0.25) is 14.5 Å². The highest BCUT2D eigenvalue weighted by Crippen LogP contribution is 2.23. The van der Waals surface area contributed by atoms with E-state index in [4.69, 9.17) is 0 Å². The summed E-state index contributed by atoms with van der Waals surface area (Å²) < 4.78 is 4.55. The van der Waals surface area contributed by atoms with E-state index in [1.807, 2.05) is 29.6 Å². The molecule has 7 nitrogen and oxygen atoms in total. The van der Waals surface area contributed by atoms with Crippen LogP contribution < -0.4 is 5.76 Å². The maximum Gasteiger partial charge on any atom is 0.439 e. The number of thiazole rings is 1. The molecule has 0 saturated carbocycles. The van der Waals surface area contributed by atoms with Crippen molar-refractivity contribution in [1.82, 2.24) is 25.1 Å². The second-order valence-corrected chi connectivity index (χ2v) is 5.90. The average Bonchev–Trinajstić information content (AvgIpc) is 3.28. The van der Waals surface area contributed by atoms with Crippen molar-refractivity contribution < 1.29 is 4.52 Å². The minimum Gasteiger partial charge on any atom is -0.296 e. The number of H-pyrrole nitrogens is 1. The van der Waals surface area contributed by atoms with E-state index in [0.29, 0.717) is 17.8 Å². The fraction of sp³-hybridized carbons (Fsp3) is 0.0625. The zero-order valence-electron chi connectivity index (χ0n) is 12.3. The molecule has 24 heavy (non-hydrogen) atoms. The van der Waals surface area contributed by atoms with Crippen molar-refractivity contribution in [2.24, 2.45) is 0 Å². The van der Waals surface area contributed by atoms with E-state index in [2.05, 4.69) is 29.6 Å². The van der Waals surface area contributed by atoms with Crippen LogP contribution in [0.1, 0.15) is 11.3 Å². The van der Waals surface area contributed by atoms with E-state index in [-0.39, 0.29) is 5.82 Å². The van der Waals surface area contributed by atoms with Crippen molar-refractivity contribution in [1.29, 1.82) is 0 Å². The summed E-state index contributed by atoms with van der Waals surface area (Å²) in [6.45, 7) is 0. The van der Waals surface area contributed by atoms with Crippen molar-refractivity contribution in [3.05, 3.63) is 70.0 Å². The number of rotatable bonds is 4. The molecular formula is C16H11N5O2S. The molecule has 0 unspecified atom stereocenters. The van der Waals surface area contributed by atoms with E-state index in [1.165, 1.54) is 0 Å². The Kier molecular flexibility index (Phi) is 3.72. The van der Waals surface area contributed by atoms with Gasteiger partial charge in [0.25, 0.3) is 0 Å². The number of aromatic nitrogens is 5. The second-order valence-electron chi connectivity index (χ2n) is 5.01. The molecule has 1 aromatic carbocycles. The van der Waals surface area contributed by atoms with E-state index in [0.717, 1.165) is 16.1 Å². The highest BCUT2D eigenvalue weighted by atomic mass is 32.1. The lowest BCUT2D eigenvalue weighted by Crippen LogP contribution is -2.01. The molecule has 0 aliphatic rings. The molecule has 118 valence electrons. The first-order valence-corrected chi connectivity index (χ1v) is 8.02. The van der Waals surface area contributed by atoms with E-state index in [9.17, 15) is 4.79 Å². The van der Waals surface area contributed by atoms with Crippen molar-refractivity contribution >= 4 is 11.3 Å². The van der Waals surface area contributed by atoms with Crippen LogP contribution in [0.5, 0.6) is 0 Å². The number of benzene rings is 1. The summed E-state index contributed by atoms with van der Waals surface area (Å²) in [4.78, 5) is 26.6. The van der Waals surface area contributed by atoms with Crippen molar-refractivity contribution in [2.75, 3.05) is 0 Å². The first-order valence-electron chi connectivity index (χ1n) is 7.14. The zero-order chi connectivity index (χ0) is 16.4. The minimum absolute atomic E-state index is 0.280. The fourth-order valence-corrected chi connectivity index (χ4v) is 2.99. The molecule has 8 heteroatoms. The quantitative estimate of drug-likeness (QED) is 0.614. The summed E-state index contributed by atoms with van der Waals surface area (Å²) in [5.74, 6) is -0.336. The van der Waals surface area contributed by atoms with Gasteiger partial charge < -0.3 is 0 Å². The molecule has 3 heterocycles. The number of hydrogen-bond donors (Lipinski definition) is 1. The smallest absolute Gasteiger partial charge is 0.296 e. The fourth-order valence-electron chi connectivity index (χ4n) is 2.35. The van der Waals surface area contributed by atoms with Gasteiger partial charge in [-0.2, -0.15) is 0 Å². The van der Waals surface area contributed by atoms with Crippen molar-refractivity contribution in [2.45, 2.75) is 6.42 Å². The number of nitrogens with zero attached hydrogens (tertiary/aromatic N) is 4. The maximum atomic E-state index is 11.1. The summed E-state index contributed by atoms with van der Waals surface area (Å²) in [6.07, 6.45) is 5.52. The first-order chi connectivity index (χ1) is 11.8. The van der Waals surface area contributed by atoms with Gasteiger partial charge in [0.05, 0.1) is 5.69 Å². The number of nitrogens with one attached hydrogen (secondary N) is 1. The van der Waals surface area contributed by atoms with Crippen LogP contribution in [0.15, 0.2) is 57.6 Å². The van der Waals surface area contributed by atoms with Gasteiger partial charge in [0.1, 0.15) is 10.7 Å². The maximum absolute atomic E-state index is 11.1. The number of aromatic amines is 1. The van der Waals surface area contributed by atoms with Crippen molar-refractivity contribution in [3.63, 3.8) is 0 Å². The third-order valence-electron chi connectivity index (χ3n) is 3.44. The Morgan fingerprint density at radius 1 is 1.04 bits per heavy atom. The molecule has 0 aliphatic carbocycles. The molecule has 0 radical (unpaired) electrons. The summed E-state index contributed by atoms with van der Waals surface area (Å²) in [5.41, 5.74) is 3.37. The minimum atomic E-state index is -0.616. The highest BCUT2D eigenvalue weighted by Gasteiger charge is 2.13. The van der Waals surface area contributed by atoms with Gasteiger partial charge in [0.2, 0.25) is 5.82 Å². The second kappa shape index (κ2) is 6.17. The van der Waals surface area contributed by atoms with Crippen molar-refractivity contribution in [3.8, 4) is 22.1 Å². The highest BCUT2D eigenvalue weighted by molar-refractivity contribution is 7.13. The van der Waals surface area contributed by atoms with Gasteiger partial charge in [-0.25, -0.2) is 14.8 Å². The van der Waals surface area contributed by atoms with Crippen LogP contribution in [0.4, 0.5) is 0 Å². The lowest BCUT2D eigenvalue weighted by molar-refractivity contribution is 0.387. The van der Waals surface area contributed by atoms with Crippen LogP contribution in [0.2, 0.25) is 0 Å². The Morgan fingerprint density at radius 2 is 1.88 bits per heavy atom. The van der Waals surface area contributed by atoms with E-state index < -0.39 is 5.76 Å². The molecule has 0 spiro atoms. The van der Waals surface area contributed by atoms with Crippen LogP contribution >= 0.6 is 11.3 Å². The molecule has 4 aromatic rings. The van der Waals surface area contributed by atoms with Gasteiger partial charge in [0.15, 0.2) is 0 Å². The Bertz CT molecular complexity index is 1010.